The molecule has 11 heteroatoms. The van der Waals surface area contributed by atoms with Gasteiger partial charge in [-0.3, -0.25) is 4.90 Å². The molecule has 3 aromatic rings. The van der Waals surface area contributed by atoms with E-state index < -0.39 is 24.0 Å². The lowest BCUT2D eigenvalue weighted by atomic mass is 10.1. The van der Waals surface area contributed by atoms with Gasteiger partial charge in [0.05, 0.1) is 6.54 Å². The van der Waals surface area contributed by atoms with E-state index in [1.807, 2.05) is 0 Å². The van der Waals surface area contributed by atoms with E-state index in [0.717, 1.165) is 17.6 Å². The van der Waals surface area contributed by atoms with Gasteiger partial charge >= 0.3 is 12.5 Å². The van der Waals surface area contributed by atoms with E-state index in [1.165, 1.54) is 41.3 Å². The fourth-order valence-corrected chi connectivity index (χ4v) is 4.14. The lowest BCUT2D eigenvalue weighted by Crippen LogP contribution is -2.46. The van der Waals surface area contributed by atoms with Crippen LogP contribution in [0.4, 0.5) is 28.0 Å². The number of hydrogen-bond acceptors (Lipinski definition) is 5. The first-order chi connectivity index (χ1) is 15.4. The van der Waals surface area contributed by atoms with Gasteiger partial charge in [0.15, 0.2) is 0 Å². The van der Waals surface area contributed by atoms with E-state index in [2.05, 4.69) is 10.2 Å². The summed E-state index contributed by atoms with van der Waals surface area (Å²) in [7, 11) is 0. The van der Waals surface area contributed by atoms with Crippen LogP contribution in [0, 0.1) is 11.6 Å². The molecule has 2 aromatic carbocycles. The summed E-state index contributed by atoms with van der Waals surface area (Å²) in [6, 6.07) is 9.04. The Hall–Kier alpha value is -3.08. The third-order valence-corrected chi connectivity index (χ3v) is 5.85. The molecule has 0 bridgehead atoms. The van der Waals surface area contributed by atoms with Gasteiger partial charge in [-0.2, -0.15) is 20.5 Å². The summed E-state index contributed by atoms with van der Waals surface area (Å²) < 4.78 is 58.5. The van der Waals surface area contributed by atoms with Gasteiger partial charge in [-0.15, -0.1) is 10.2 Å². The molecule has 1 aromatic heterocycles. The lowest BCUT2D eigenvalue weighted by Gasteiger charge is -2.33. The number of urea groups is 1. The SMILES string of the molecule is O=C(N1CCSCC1)N(Cc1ccc(-c2nnc(C(F)F)o2)cc1F)c1ccc(F)cc1. The van der Waals surface area contributed by atoms with Gasteiger partial charge in [0, 0.05) is 41.4 Å². The van der Waals surface area contributed by atoms with Crippen molar-refractivity contribution in [3.8, 4) is 11.5 Å². The summed E-state index contributed by atoms with van der Waals surface area (Å²) in [6.07, 6.45) is -2.93. The second-order valence-electron chi connectivity index (χ2n) is 7.00. The largest absolute Gasteiger partial charge is 0.415 e. The third-order valence-electron chi connectivity index (χ3n) is 4.91. The Kier molecular flexibility index (Phi) is 6.63. The number of rotatable bonds is 5. The summed E-state index contributed by atoms with van der Waals surface area (Å²) in [5, 5.41) is 6.75. The molecule has 2 heterocycles. The minimum absolute atomic E-state index is 0.105. The zero-order chi connectivity index (χ0) is 22.7. The molecule has 168 valence electrons. The van der Waals surface area contributed by atoms with Crippen LogP contribution in [0.25, 0.3) is 11.5 Å². The summed E-state index contributed by atoms with van der Waals surface area (Å²) >= 11 is 1.75. The summed E-state index contributed by atoms with van der Waals surface area (Å²) in [5.74, 6) is -0.601. The fraction of sp³-hybridized carbons (Fsp3) is 0.286. The van der Waals surface area contributed by atoms with Crippen molar-refractivity contribution >= 4 is 23.5 Å². The summed E-state index contributed by atoms with van der Waals surface area (Å²) in [5.41, 5.74) is 0.751. The van der Waals surface area contributed by atoms with E-state index in [9.17, 15) is 22.4 Å². The second kappa shape index (κ2) is 9.60. The summed E-state index contributed by atoms with van der Waals surface area (Å²) in [6.45, 7) is 1.02. The van der Waals surface area contributed by atoms with Gasteiger partial charge in [-0.25, -0.2) is 13.6 Å². The van der Waals surface area contributed by atoms with Crippen LogP contribution in [0.2, 0.25) is 0 Å². The van der Waals surface area contributed by atoms with Crippen molar-refractivity contribution in [1.82, 2.24) is 15.1 Å². The first-order valence-corrected chi connectivity index (χ1v) is 10.9. The highest BCUT2D eigenvalue weighted by Crippen LogP contribution is 2.27. The predicted molar refractivity (Wildman–Crippen MR) is 112 cm³/mol. The number of alkyl halides is 2. The first kappa shape index (κ1) is 22.1. The monoisotopic (exact) mass is 466 g/mol. The quantitative estimate of drug-likeness (QED) is 0.488. The van der Waals surface area contributed by atoms with Crippen molar-refractivity contribution in [2.45, 2.75) is 13.0 Å². The molecule has 6 nitrogen and oxygen atoms in total. The molecule has 1 aliphatic heterocycles. The van der Waals surface area contributed by atoms with E-state index in [0.29, 0.717) is 18.8 Å². The number of nitrogens with zero attached hydrogens (tertiary/aromatic N) is 4. The van der Waals surface area contributed by atoms with Crippen LogP contribution in [-0.4, -0.2) is 45.7 Å². The number of amides is 2. The van der Waals surface area contributed by atoms with Gasteiger partial charge < -0.3 is 9.32 Å². The number of aromatic nitrogens is 2. The van der Waals surface area contributed by atoms with Crippen molar-refractivity contribution < 1.29 is 26.8 Å². The molecule has 0 saturated carbocycles. The average Bonchev–Trinajstić information content (AvgIpc) is 3.30. The van der Waals surface area contributed by atoms with Gasteiger partial charge in [-0.05, 0) is 36.4 Å². The minimum Gasteiger partial charge on any atom is -0.415 e. The molecule has 4 rings (SSSR count). The average molecular weight is 466 g/mol. The number of hydrogen-bond donors (Lipinski definition) is 0. The minimum atomic E-state index is -2.93. The molecule has 0 N–H and O–H groups in total. The number of thioether (sulfide) groups is 1. The third kappa shape index (κ3) is 4.87. The van der Waals surface area contributed by atoms with Crippen LogP contribution in [0.1, 0.15) is 17.9 Å². The maximum atomic E-state index is 14.9. The smallest absolute Gasteiger partial charge is 0.324 e. The Morgan fingerprint density at radius 3 is 2.44 bits per heavy atom. The zero-order valence-corrected chi connectivity index (χ0v) is 17.5. The van der Waals surface area contributed by atoms with Crippen LogP contribution in [0.15, 0.2) is 46.9 Å². The maximum absolute atomic E-state index is 14.9. The number of benzene rings is 2. The Morgan fingerprint density at radius 2 is 1.81 bits per heavy atom. The molecule has 0 unspecified atom stereocenters. The van der Waals surface area contributed by atoms with Gasteiger partial charge in [-0.1, -0.05) is 6.07 Å². The Morgan fingerprint density at radius 1 is 1.09 bits per heavy atom. The molecule has 0 spiro atoms. The highest BCUT2D eigenvalue weighted by atomic mass is 32.2. The molecule has 32 heavy (non-hydrogen) atoms. The van der Waals surface area contributed by atoms with Crippen molar-refractivity contribution in [2.24, 2.45) is 0 Å². The van der Waals surface area contributed by atoms with Gasteiger partial charge in [0.1, 0.15) is 11.6 Å². The van der Waals surface area contributed by atoms with E-state index in [-0.39, 0.29) is 29.6 Å². The van der Waals surface area contributed by atoms with Crippen molar-refractivity contribution in [3.63, 3.8) is 0 Å². The molecular weight excluding hydrogens is 448 g/mol. The van der Waals surface area contributed by atoms with Crippen LogP contribution >= 0.6 is 11.8 Å². The lowest BCUT2D eigenvalue weighted by molar-refractivity contribution is 0.116. The zero-order valence-electron chi connectivity index (χ0n) is 16.7. The molecule has 1 fully saturated rings. The highest BCUT2D eigenvalue weighted by molar-refractivity contribution is 7.99. The van der Waals surface area contributed by atoms with Crippen molar-refractivity contribution in [1.29, 1.82) is 0 Å². The second-order valence-corrected chi connectivity index (χ2v) is 8.22. The molecule has 0 atom stereocenters. The molecule has 2 amide bonds. The molecule has 0 radical (unpaired) electrons. The van der Waals surface area contributed by atoms with Crippen LogP contribution in [0.5, 0.6) is 0 Å². The van der Waals surface area contributed by atoms with Crippen molar-refractivity contribution in [3.05, 3.63) is 65.6 Å². The van der Waals surface area contributed by atoms with Crippen LogP contribution in [-0.2, 0) is 6.54 Å². The number of carbonyl (C=O) groups is 1. The Bertz CT molecular complexity index is 1090. The fourth-order valence-electron chi connectivity index (χ4n) is 3.23. The topological polar surface area (TPSA) is 62.5 Å². The van der Waals surface area contributed by atoms with Gasteiger partial charge in [0.2, 0.25) is 5.89 Å². The van der Waals surface area contributed by atoms with Crippen molar-refractivity contribution in [2.75, 3.05) is 29.5 Å². The summed E-state index contributed by atoms with van der Waals surface area (Å²) in [4.78, 5) is 16.2. The normalized spacial score (nSPS) is 14.1. The molecule has 0 aliphatic carbocycles. The standard InChI is InChI=1S/C21H18F4N4O2S/c22-15-3-5-16(6-4-15)29(21(30)28-7-9-32-10-8-28)12-14-2-1-13(11-17(14)23)19-26-27-20(31-19)18(24)25/h1-6,11,18H,7-10,12H2. The molecule has 1 aliphatic rings. The molecular formula is C21H18F4N4O2S. The van der Waals surface area contributed by atoms with E-state index in [1.54, 1.807) is 16.7 Å². The number of anilines is 1. The Balaban J connectivity index is 1.60. The molecule has 1 saturated heterocycles. The predicted octanol–water partition coefficient (Wildman–Crippen LogP) is 5.13. The maximum Gasteiger partial charge on any atom is 0.324 e. The Labute approximate surface area is 185 Å². The van der Waals surface area contributed by atoms with E-state index in [4.69, 9.17) is 4.42 Å². The van der Waals surface area contributed by atoms with Gasteiger partial charge in [0.25, 0.3) is 5.89 Å². The number of halogens is 4. The number of carbonyl (C=O) groups excluding carboxylic acids is 1. The highest BCUT2D eigenvalue weighted by Gasteiger charge is 2.25. The van der Waals surface area contributed by atoms with E-state index >= 15 is 0 Å². The van der Waals surface area contributed by atoms with Crippen LogP contribution in [0.3, 0.4) is 0 Å². The first-order valence-electron chi connectivity index (χ1n) is 9.72. The van der Waals surface area contributed by atoms with Crippen LogP contribution < -0.4 is 4.90 Å².